The van der Waals surface area contributed by atoms with Gasteiger partial charge in [-0.1, -0.05) is 16.8 Å². The van der Waals surface area contributed by atoms with E-state index < -0.39 is 0 Å². The molecule has 0 aliphatic carbocycles. The van der Waals surface area contributed by atoms with E-state index in [0.29, 0.717) is 17.3 Å². The Bertz CT molecular complexity index is 591. The van der Waals surface area contributed by atoms with Crippen LogP contribution in [0.15, 0.2) is 22.7 Å². The van der Waals surface area contributed by atoms with Crippen molar-refractivity contribution in [3.8, 4) is 11.5 Å². The van der Waals surface area contributed by atoms with Crippen LogP contribution in [0.5, 0.6) is 0 Å². The Morgan fingerprint density at radius 1 is 1.45 bits per heavy atom. The molecule has 1 N–H and O–H groups in total. The number of piperidine rings is 1. The number of nitrogens with zero attached hydrogens (tertiary/aromatic N) is 2. The maximum absolute atomic E-state index is 13.8. The fourth-order valence-electron chi connectivity index (χ4n) is 2.61. The molecule has 106 valence electrons. The molecule has 0 bridgehead atoms. The predicted octanol–water partition coefficient (Wildman–Crippen LogP) is 2.73. The summed E-state index contributed by atoms with van der Waals surface area (Å²) >= 11 is 0. The highest BCUT2D eigenvalue weighted by atomic mass is 19.1. The van der Waals surface area contributed by atoms with Crippen LogP contribution in [0.2, 0.25) is 0 Å². The van der Waals surface area contributed by atoms with E-state index in [-0.39, 0.29) is 11.7 Å². The zero-order valence-electron chi connectivity index (χ0n) is 11.5. The van der Waals surface area contributed by atoms with Crippen molar-refractivity contribution in [3.63, 3.8) is 0 Å². The summed E-state index contributed by atoms with van der Waals surface area (Å²) in [6.45, 7) is 3.99. The average molecular weight is 275 g/mol. The van der Waals surface area contributed by atoms with Crippen LogP contribution in [-0.4, -0.2) is 23.2 Å². The van der Waals surface area contributed by atoms with Gasteiger partial charge < -0.3 is 9.84 Å². The molecule has 1 unspecified atom stereocenters. The predicted molar refractivity (Wildman–Crippen MR) is 73.7 cm³/mol. The van der Waals surface area contributed by atoms with Crippen LogP contribution in [0.1, 0.15) is 24.2 Å². The van der Waals surface area contributed by atoms with Crippen molar-refractivity contribution in [2.45, 2.75) is 26.2 Å². The number of rotatable bonds is 3. The van der Waals surface area contributed by atoms with Gasteiger partial charge in [0.05, 0.1) is 5.56 Å². The average Bonchev–Trinajstić information content (AvgIpc) is 2.91. The molecule has 2 aromatic rings. The molecule has 4 nitrogen and oxygen atoms in total. The molecular weight excluding hydrogens is 257 g/mol. The smallest absolute Gasteiger partial charge is 0.260 e. The highest BCUT2D eigenvalue weighted by molar-refractivity contribution is 5.55. The number of hydrogen-bond donors (Lipinski definition) is 1. The molecule has 0 amide bonds. The van der Waals surface area contributed by atoms with Crippen LogP contribution in [0, 0.1) is 18.7 Å². The molecule has 1 aliphatic heterocycles. The van der Waals surface area contributed by atoms with Gasteiger partial charge in [-0.2, -0.15) is 4.98 Å². The lowest BCUT2D eigenvalue weighted by Crippen LogP contribution is -2.31. The van der Waals surface area contributed by atoms with Gasteiger partial charge in [-0.15, -0.1) is 0 Å². The lowest BCUT2D eigenvalue weighted by Gasteiger charge is -2.20. The van der Waals surface area contributed by atoms with Gasteiger partial charge in [0.15, 0.2) is 5.82 Å². The van der Waals surface area contributed by atoms with Crippen molar-refractivity contribution in [2.24, 2.45) is 5.92 Å². The molecule has 1 atom stereocenters. The zero-order chi connectivity index (χ0) is 13.9. The van der Waals surface area contributed by atoms with Gasteiger partial charge in [0.1, 0.15) is 5.82 Å². The van der Waals surface area contributed by atoms with Crippen molar-refractivity contribution in [2.75, 3.05) is 13.1 Å². The number of aromatic nitrogens is 2. The third-order valence-electron chi connectivity index (χ3n) is 3.69. The zero-order valence-corrected chi connectivity index (χ0v) is 11.5. The van der Waals surface area contributed by atoms with Gasteiger partial charge in [0.25, 0.3) is 5.89 Å². The van der Waals surface area contributed by atoms with Gasteiger partial charge >= 0.3 is 0 Å². The van der Waals surface area contributed by atoms with Crippen molar-refractivity contribution < 1.29 is 8.91 Å². The Hall–Kier alpha value is -1.75. The second-order valence-electron chi connectivity index (χ2n) is 5.42. The Labute approximate surface area is 117 Å². The lowest BCUT2D eigenvalue weighted by molar-refractivity contribution is 0.359. The summed E-state index contributed by atoms with van der Waals surface area (Å²) < 4.78 is 19.0. The largest absolute Gasteiger partial charge is 0.334 e. The molecule has 20 heavy (non-hydrogen) atoms. The molecule has 1 aliphatic rings. The molecule has 3 rings (SSSR count). The second kappa shape index (κ2) is 5.71. The summed E-state index contributed by atoms with van der Waals surface area (Å²) in [7, 11) is 0. The monoisotopic (exact) mass is 275 g/mol. The number of hydrogen-bond acceptors (Lipinski definition) is 4. The van der Waals surface area contributed by atoms with Crippen molar-refractivity contribution in [1.82, 2.24) is 15.5 Å². The number of aryl methyl sites for hydroxylation is 1. The summed E-state index contributed by atoms with van der Waals surface area (Å²) in [6, 6.07) is 4.89. The number of benzene rings is 1. The third-order valence-corrected chi connectivity index (χ3v) is 3.69. The van der Waals surface area contributed by atoms with Crippen LogP contribution in [0.3, 0.4) is 0 Å². The van der Waals surface area contributed by atoms with Gasteiger partial charge in [0, 0.05) is 6.42 Å². The summed E-state index contributed by atoms with van der Waals surface area (Å²) in [6.07, 6.45) is 3.14. The topological polar surface area (TPSA) is 51.0 Å². The minimum Gasteiger partial charge on any atom is -0.334 e. The first kappa shape index (κ1) is 13.2. The van der Waals surface area contributed by atoms with Crippen LogP contribution in [-0.2, 0) is 6.42 Å². The van der Waals surface area contributed by atoms with Crippen LogP contribution in [0.25, 0.3) is 11.5 Å². The minimum atomic E-state index is -0.329. The van der Waals surface area contributed by atoms with Crippen LogP contribution >= 0.6 is 0 Å². The summed E-state index contributed by atoms with van der Waals surface area (Å²) in [5, 5.41) is 7.34. The maximum Gasteiger partial charge on any atom is 0.260 e. The highest BCUT2D eigenvalue weighted by Gasteiger charge is 2.18. The molecular formula is C15H18FN3O. The normalized spacial score (nSPS) is 19.2. The molecule has 1 aromatic heterocycles. The third kappa shape index (κ3) is 2.88. The Balaban J connectivity index is 1.77. The van der Waals surface area contributed by atoms with Gasteiger partial charge in [-0.3, -0.25) is 0 Å². The van der Waals surface area contributed by atoms with Crippen LogP contribution < -0.4 is 5.32 Å². The SMILES string of the molecule is Cc1ccc(F)c(-c2nc(CC3CCCNC3)no2)c1. The van der Waals surface area contributed by atoms with E-state index >= 15 is 0 Å². The van der Waals surface area contributed by atoms with Crippen molar-refractivity contribution in [1.29, 1.82) is 0 Å². The van der Waals surface area contributed by atoms with Gasteiger partial charge in [-0.05, 0) is 50.9 Å². The Kier molecular flexibility index (Phi) is 3.78. The standard InChI is InChI=1S/C15H18FN3O/c1-10-4-5-13(16)12(7-10)15-18-14(19-20-15)8-11-3-2-6-17-9-11/h4-5,7,11,17H,2-3,6,8-9H2,1H3. The molecule has 1 fully saturated rings. The molecule has 0 saturated carbocycles. The fraction of sp³-hybridized carbons (Fsp3) is 0.467. The number of nitrogens with one attached hydrogen (secondary N) is 1. The van der Waals surface area contributed by atoms with E-state index in [4.69, 9.17) is 4.52 Å². The van der Waals surface area contributed by atoms with Crippen molar-refractivity contribution in [3.05, 3.63) is 35.4 Å². The van der Waals surface area contributed by atoms with E-state index in [1.165, 1.54) is 18.9 Å². The van der Waals surface area contributed by atoms with E-state index in [2.05, 4.69) is 15.5 Å². The Morgan fingerprint density at radius 3 is 3.15 bits per heavy atom. The first-order valence-electron chi connectivity index (χ1n) is 7.02. The first-order chi connectivity index (χ1) is 9.72. The molecule has 1 saturated heterocycles. The number of halogens is 1. The first-order valence-corrected chi connectivity index (χ1v) is 7.02. The van der Waals surface area contributed by atoms with Gasteiger partial charge in [-0.25, -0.2) is 4.39 Å². The van der Waals surface area contributed by atoms with E-state index in [1.807, 2.05) is 6.92 Å². The minimum absolute atomic E-state index is 0.268. The summed E-state index contributed by atoms with van der Waals surface area (Å²) in [5.74, 6) is 1.14. The molecule has 1 aromatic carbocycles. The summed E-state index contributed by atoms with van der Waals surface area (Å²) in [4.78, 5) is 4.33. The summed E-state index contributed by atoms with van der Waals surface area (Å²) in [5.41, 5.74) is 1.35. The van der Waals surface area contributed by atoms with Gasteiger partial charge in [0.2, 0.25) is 0 Å². The van der Waals surface area contributed by atoms with Crippen molar-refractivity contribution >= 4 is 0 Å². The maximum atomic E-state index is 13.8. The quantitative estimate of drug-likeness (QED) is 0.935. The molecule has 0 radical (unpaired) electrons. The van der Waals surface area contributed by atoms with E-state index in [1.54, 1.807) is 12.1 Å². The molecule has 0 spiro atoms. The molecule has 2 heterocycles. The molecule has 5 heteroatoms. The highest BCUT2D eigenvalue weighted by Crippen LogP contribution is 2.23. The fourth-order valence-corrected chi connectivity index (χ4v) is 2.61. The van der Waals surface area contributed by atoms with Crippen LogP contribution in [0.4, 0.5) is 4.39 Å². The van der Waals surface area contributed by atoms with E-state index in [9.17, 15) is 4.39 Å². The van der Waals surface area contributed by atoms with E-state index in [0.717, 1.165) is 25.1 Å². The lowest BCUT2D eigenvalue weighted by atomic mass is 9.96. The Morgan fingerprint density at radius 2 is 2.35 bits per heavy atom. The second-order valence-corrected chi connectivity index (χ2v) is 5.42.